The van der Waals surface area contributed by atoms with E-state index >= 15 is 0 Å². The Kier molecular flexibility index (Phi) is 5.68. The summed E-state index contributed by atoms with van der Waals surface area (Å²) in [5, 5.41) is 3.92. The van der Waals surface area contributed by atoms with Crippen LogP contribution in [0.1, 0.15) is 18.1 Å². The minimum Gasteiger partial charge on any atom is -0.325 e. The third kappa shape index (κ3) is 4.11. The van der Waals surface area contributed by atoms with E-state index in [-0.39, 0.29) is 5.91 Å². The van der Waals surface area contributed by atoms with E-state index in [1.807, 2.05) is 43.5 Å². The lowest BCUT2D eigenvalue weighted by Gasteiger charge is -2.10. The zero-order chi connectivity index (χ0) is 18.5. The minimum absolute atomic E-state index is 0.0337. The zero-order valence-electron chi connectivity index (χ0n) is 15.1. The molecule has 7 heteroatoms. The molecule has 2 aromatic heterocycles. The van der Waals surface area contributed by atoms with Crippen LogP contribution in [0, 0.1) is 13.8 Å². The van der Waals surface area contributed by atoms with Crippen LogP contribution in [0.2, 0.25) is 0 Å². The second kappa shape index (κ2) is 8.14. The van der Waals surface area contributed by atoms with Crippen LogP contribution in [0.25, 0.3) is 11.5 Å². The molecule has 0 fully saturated rings. The summed E-state index contributed by atoms with van der Waals surface area (Å²) >= 11 is 1.46. The standard InChI is InChI=1S/C19H21N5OS/c1-4-24-18(11-22-19(24)16-10-20-7-8-21-16)26-12-17(25)23-15-9-13(2)5-6-14(15)3/h5-11H,4,12H2,1-3H3,(H,23,25). The number of benzene rings is 1. The van der Waals surface area contributed by atoms with Crippen molar-refractivity contribution in [2.24, 2.45) is 0 Å². The van der Waals surface area contributed by atoms with Gasteiger partial charge >= 0.3 is 0 Å². The van der Waals surface area contributed by atoms with Crippen molar-refractivity contribution in [2.75, 3.05) is 11.1 Å². The second-order valence-corrected chi connectivity index (χ2v) is 6.91. The zero-order valence-corrected chi connectivity index (χ0v) is 15.9. The highest BCUT2D eigenvalue weighted by molar-refractivity contribution is 7.99. The predicted molar refractivity (Wildman–Crippen MR) is 104 cm³/mol. The van der Waals surface area contributed by atoms with Gasteiger partial charge in [0.1, 0.15) is 5.69 Å². The molecule has 0 spiro atoms. The molecule has 0 unspecified atom stereocenters. The summed E-state index contributed by atoms with van der Waals surface area (Å²) in [6.45, 7) is 6.79. The van der Waals surface area contributed by atoms with E-state index in [1.165, 1.54) is 11.8 Å². The number of carbonyl (C=O) groups is 1. The molecule has 0 aliphatic rings. The lowest BCUT2D eigenvalue weighted by Crippen LogP contribution is -2.15. The van der Waals surface area contributed by atoms with E-state index in [2.05, 4.69) is 20.3 Å². The molecule has 3 aromatic rings. The fourth-order valence-corrected chi connectivity index (χ4v) is 3.45. The molecule has 26 heavy (non-hydrogen) atoms. The summed E-state index contributed by atoms with van der Waals surface area (Å²) in [6, 6.07) is 6.03. The first-order valence-electron chi connectivity index (χ1n) is 8.40. The number of hydrogen-bond acceptors (Lipinski definition) is 5. The highest BCUT2D eigenvalue weighted by atomic mass is 32.2. The Morgan fingerprint density at radius 2 is 2.04 bits per heavy atom. The number of aryl methyl sites for hydroxylation is 2. The third-order valence-corrected chi connectivity index (χ3v) is 4.97. The molecule has 6 nitrogen and oxygen atoms in total. The van der Waals surface area contributed by atoms with Crippen LogP contribution in [0.4, 0.5) is 5.69 Å². The Bertz CT molecular complexity index is 908. The number of nitrogens with zero attached hydrogens (tertiary/aromatic N) is 4. The van der Waals surface area contributed by atoms with Crippen LogP contribution in [0.5, 0.6) is 0 Å². The lowest BCUT2D eigenvalue weighted by molar-refractivity contribution is -0.113. The molecule has 1 N–H and O–H groups in total. The Labute approximate surface area is 157 Å². The van der Waals surface area contributed by atoms with Gasteiger partial charge in [0.2, 0.25) is 5.91 Å². The maximum atomic E-state index is 12.3. The Morgan fingerprint density at radius 1 is 1.19 bits per heavy atom. The second-order valence-electron chi connectivity index (χ2n) is 5.91. The molecule has 134 valence electrons. The van der Waals surface area contributed by atoms with Crippen LogP contribution in [-0.4, -0.2) is 31.2 Å². The van der Waals surface area contributed by atoms with Crippen LogP contribution in [0.3, 0.4) is 0 Å². The summed E-state index contributed by atoms with van der Waals surface area (Å²) in [5.74, 6) is 1.05. The highest BCUT2D eigenvalue weighted by Gasteiger charge is 2.14. The molecule has 1 aromatic carbocycles. The van der Waals surface area contributed by atoms with E-state index < -0.39 is 0 Å². The molecule has 0 atom stereocenters. The largest absolute Gasteiger partial charge is 0.325 e. The van der Waals surface area contributed by atoms with Gasteiger partial charge in [0.05, 0.1) is 23.2 Å². The Balaban J connectivity index is 1.69. The van der Waals surface area contributed by atoms with Crippen LogP contribution in [-0.2, 0) is 11.3 Å². The molecule has 0 saturated carbocycles. The quantitative estimate of drug-likeness (QED) is 0.673. The summed E-state index contributed by atoms with van der Waals surface area (Å²) in [7, 11) is 0. The summed E-state index contributed by atoms with van der Waals surface area (Å²) in [4.78, 5) is 25.2. The van der Waals surface area contributed by atoms with E-state index in [0.717, 1.165) is 39.9 Å². The van der Waals surface area contributed by atoms with Crippen molar-refractivity contribution in [3.63, 3.8) is 0 Å². The number of imidazole rings is 1. The number of carbonyl (C=O) groups excluding carboxylic acids is 1. The molecule has 0 bridgehead atoms. The number of nitrogens with one attached hydrogen (secondary N) is 1. The van der Waals surface area contributed by atoms with Gasteiger partial charge in [-0.2, -0.15) is 0 Å². The normalized spacial score (nSPS) is 10.7. The molecule has 2 heterocycles. The Hall–Kier alpha value is -2.67. The van der Waals surface area contributed by atoms with Gasteiger partial charge in [-0.3, -0.25) is 9.78 Å². The summed E-state index contributed by atoms with van der Waals surface area (Å²) in [6.07, 6.45) is 6.75. The van der Waals surface area contributed by atoms with Crippen molar-refractivity contribution in [1.82, 2.24) is 19.5 Å². The number of aromatic nitrogens is 4. The third-order valence-electron chi connectivity index (χ3n) is 3.95. The molecular weight excluding hydrogens is 346 g/mol. The fraction of sp³-hybridized carbons (Fsp3) is 0.263. The summed E-state index contributed by atoms with van der Waals surface area (Å²) in [5.41, 5.74) is 3.76. The van der Waals surface area contributed by atoms with Gasteiger partial charge in [-0.05, 0) is 38.0 Å². The van der Waals surface area contributed by atoms with E-state index in [0.29, 0.717) is 5.75 Å². The molecule has 1 amide bonds. The van der Waals surface area contributed by atoms with Gasteiger partial charge in [-0.1, -0.05) is 23.9 Å². The molecule has 0 radical (unpaired) electrons. The smallest absolute Gasteiger partial charge is 0.234 e. The van der Waals surface area contributed by atoms with Crippen molar-refractivity contribution >= 4 is 23.4 Å². The van der Waals surface area contributed by atoms with Gasteiger partial charge in [-0.15, -0.1) is 0 Å². The fourth-order valence-electron chi connectivity index (χ4n) is 2.60. The molecule has 0 aliphatic heterocycles. The average molecular weight is 367 g/mol. The van der Waals surface area contributed by atoms with Crippen LogP contribution in [0.15, 0.2) is 48.0 Å². The molecule has 3 rings (SSSR count). The van der Waals surface area contributed by atoms with Gasteiger partial charge in [0.15, 0.2) is 5.82 Å². The van der Waals surface area contributed by atoms with Crippen molar-refractivity contribution in [3.8, 4) is 11.5 Å². The highest BCUT2D eigenvalue weighted by Crippen LogP contribution is 2.25. The van der Waals surface area contributed by atoms with Crippen molar-refractivity contribution in [1.29, 1.82) is 0 Å². The number of rotatable bonds is 6. The maximum Gasteiger partial charge on any atom is 0.234 e. The van der Waals surface area contributed by atoms with E-state index in [9.17, 15) is 4.79 Å². The SMILES string of the molecule is CCn1c(SCC(=O)Nc2cc(C)ccc2C)cnc1-c1cnccn1. The predicted octanol–water partition coefficient (Wildman–Crippen LogP) is 3.71. The first-order valence-corrected chi connectivity index (χ1v) is 9.39. The Morgan fingerprint density at radius 3 is 2.77 bits per heavy atom. The average Bonchev–Trinajstić information content (AvgIpc) is 3.06. The first-order chi connectivity index (χ1) is 12.6. The minimum atomic E-state index is -0.0337. The van der Waals surface area contributed by atoms with Crippen molar-refractivity contribution in [2.45, 2.75) is 32.3 Å². The van der Waals surface area contributed by atoms with Gasteiger partial charge in [0, 0.05) is 24.6 Å². The first kappa shape index (κ1) is 18.1. The number of amides is 1. The van der Waals surface area contributed by atoms with Crippen LogP contribution < -0.4 is 5.32 Å². The molecule has 0 saturated heterocycles. The van der Waals surface area contributed by atoms with E-state index in [1.54, 1.807) is 24.8 Å². The van der Waals surface area contributed by atoms with Crippen molar-refractivity contribution in [3.05, 3.63) is 54.1 Å². The van der Waals surface area contributed by atoms with Gasteiger partial charge in [-0.25, -0.2) is 9.97 Å². The van der Waals surface area contributed by atoms with Gasteiger partial charge < -0.3 is 9.88 Å². The molecular formula is C19H21N5OS. The van der Waals surface area contributed by atoms with Crippen molar-refractivity contribution < 1.29 is 4.79 Å². The topological polar surface area (TPSA) is 72.7 Å². The lowest BCUT2D eigenvalue weighted by atomic mass is 10.1. The number of anilines is 1. The van der Waals surface area contributed by atoms with E-state index in [4.69, 9.17) is 0 Å². The maximum absolute atomic E-state index is 12.3. The summed E-state index contributed by atoms with van der Waals surface area (Å²) < 4.78 is 2.04. The van der Waals surface area contributed by atoms with Gasteiger partial charge in [0.25, 0.3) is 0 Å². The molecule has 0 aliphatic carbocycles. The van der Waals surface area contributed by atoms with Crippen LogP contribution >= 0.6 is 11.8 Å². The number of thioether (sulfide) groups is 1. The monoisotopic (exact) mass is 367 g/mol. The number of hydrogen-bond donors (Lipinski definition) is 1.